The minimum absolute atomic E-state index is 0.0841. The highest BCUT2D eigenvalue weighted by Gasteiger charge is 2.59. The van der Waals surface area contributed by atoms with Crippen molar-refractivity contribution in [3.8, 4) is 0 Å². The van der Waals surface area contributed by atoms with E-state index in [1.807, 2.05) is 0 Å². The first-order valence-electron chi connectivity index (χ1n) is 14.3. The number of fused-ring (bicyclic) bond motifs is 5. The van der Waals surface area contributed by atoms with Crippen LogP contribution < -0.4 is 0 Å². The van der Waals surface area contributed by atoms with Crippen LogP contribution in [0.15, 0.2) is 23.3 Å². The van der Waals surface area contributed by atoms with E-state index in [-0.39, 0.29) is 6.10 Å². The molecule has 1 heteroatoms. The molecular weight excluding hydrogens is 388 g/mol. The molecule has 4 aliphatic rings. The molecule has 9 atom stereocenters. The van der Waals surface area contributed by atoms with Gasteiger partial charge in [-0.1, -0.05) is 57.9 Å². The van der Waals surface area contributed by atoms with Gasteiger partial charge in [-0.05, 0) is 130 Å². The molecule has 0 radical (unpaired) electrons. The molecule has 0 heterocycles. The third kappa shape index (κ3) is 4.08. The minimum atomic E-state index is -0.0841. The average molecular weight is 441 g/mol. The fraction of sp³-hybridized carbons (Fsp3) is 0.871. The van der Waals surface area contributed by atoms with E-state index >= 15 is 0 Å². The zero-order chi connectivity index (χ0) is 23.1. The molecule has 3 fully saturated rings. The number of hydrogen-bond donors (Lipinski definition) is 1. The summed E-state index contributed by atoms with van der Waals surface area (Å²) in [6, 6.07) is 0. The van der Waals surface area contributed by atoms with Crippen LogP contribution in [0.3, 0.4) is 0 Å². The van der Waals surface area contributed by atoms with E-state index < -0.39 is 0 Å². The number of allylic oxidation sites excluding steroid dienone is 3. The normalized spacial score (nSPS) is 43.7. The molecule has 0 bridgehead atoms. The van der Waals surface area contributed by atoms with Crippen molar-refractivity contribution in [3.05, 3.63) is 23.3 Å². The topological polar surface area (TPSA) is 20.2 Å². The van der Waals surface area contributed by atoms with Crippen molar-refractivity contribution in [1.29, 1.82) is 0 Å². The van der Waals surface area contributed by atoms with Gasteiger partial charge in [0.1, 0.15) is 0 Å². The summed E-state index contributed by atoms with van der Waals surface area (Å²) < 4.78 is 0. The van der Waals surface area contributed by atoms with Gasteiger partial charge in [0.15, 0.2) is 0 Å². The van der Waals surface area contributed by atoms with Gasteiger partial charge in [0, 0.05) is 0 Å². The Bertz CT molecular complexity index is 718. The van der Waals surface area contributed by atoms with Gasteiger partial charge >= 0.3 is 0 Å². The van der Waals surface area contributed by atoms with Crippen molar-refractivity contribution in [3.63, 3.8) is 0 Å². The number of aliphatic hydroxyl groups is 1. The second kappa shape index (κ2) is 9.59. The molecule has 32 heavy (non-hydrogen) atoms. The Hall–Kier alpha value is -0.560. The molecule has 1 nitrogen and oxygen atoms in total. The summed E-state index contributed by atoms with van der Waals surface area (Å²) in [7, 11) is 0. The van der Waals surface area contributed by atoms with Gasteiger partial charge in [0.2, 0.25) is 0 Å². The van der Waals surface area contributed by atoms with E-state index in [1.54, 1.807) is 11.1 Å². The van der Waals surface area contributed by atoms with E-state index in [2.05, 4.69) is 53.7 Å². The Morgan fingerprint density at radius 2 is 1.88 bits per heavy atom. The van der Waals surface area contributed by atoms with E-state index in [0.717, 1.165) is 48.3 Å². The molecule has 3 saturated carbocycles. The summed E-state index contributed by atoms with van der Waals surface area (Å²) in [4.78, 5) is 0. The lowest BCUT2D eigenvalue weighted by atomic mass is 9.47. The molecule has 0 aromatic heterocycles. The molecule has 0 aromatic rings. The molecule has 0 amide bonds. The van der Waals surface area contributed by atoms with E-state index in [9.17, 15) is 5.11 Å². The van der Waals surface area contributed by atoms with Crippen molar-refractivity contribution in [2.24, 2.45) is 46.3 Å². The van der Waals surface area contributed by atoms with Gasteiger partial charge in [-0.3, -0.25) is 0 Å². The lowest BCUT2D eigenvalue weighted by Crippen LogP contribution is -2.50. The molecule has 9 unspecified atom stereocenters. The largest absolute Gasteiger partial charge is 0.393 e. The Kier molecular flexibility index (Phi) is 7.36. The maximum atomic E-state index is 10.3. The van der Waals surface area contributed by atoms with Crippen LogP contribution in [-0.2, 0) is 0 Å². The smallest absolute Gasteiger partial charge is 0.0577 e. The quantitative estimate of drug-likeness (QED) is 0.392. The molecule has 0 aromatic carbocycles. The van der Waals surface area contributed by atoms with Gasteiger partial charge in [-0.25, -0.2) is 0 Å². The zero-order valence-electron chi connectivity index (χ0n) is 22.1. The standard InChI is InChI=1S/C31H52O/c1-7-22(8-2)23(9-3)11-10-21(4)27-14-15-28-26-13-12-24-20-25(32)16-18-30(24,5)29(26)17-19-31(27,28)6/h7,12,21,23,25-29,32H,8-11,13-20H2,1-6H3. The highest BCUT2D eigenvalue weighted by molar-refractivity contribution is 5.25. The fourth-order valence-corrected chi connectivity index (χ4v) is 9.66. The molecule has 1 N–H and O–H groups in total. The third-order valence-electron chi connectivity index (χ3n) is 11.6. The van der Waals surface area contributed by atoms with Crippen molar-refractivity contribution in [2.45, 2.75) is 125 Å². The first-order valence-corrected chi connectivity index (χ1v) is 14.3. The summed E-state index contributed by atoms with van der Waals surface area (Å²) in [5.74, 6) is 5.28. The van der Waals surface area contributed by atoms with Gasteiger partial charge in [-0.15, -0.1) is 0 Å². The van der Waals surface area contributed by atoms with Crippen molar-refractivity contribution in [2.75, 3.05) is 0 Å². The van der Waals surface area contributed by atoms with E-state index in [4.69, 9.17) is 0 Å². The molecule has 182 valence electrons. The van der Waals surface area contributed by atoms with Crippen LogP contribution in [0.2, 0.25) is 0 Å². The highest BCUT2D eigenvalue weighted by atomic mass is 16.3. The Morgan fingerprint density at radius 3 is 2.56 bits per heavy atom. The van der Waals surface area contributed by atoms with Crippen LogP contribution >= 0.6 is 0 Å². The third-order valence-corrected chi connectivity index (χ3v) is 11.6. The van der Waals surface area contributed by atoms with Crippen molar-refractivity contribution >= 4 is 0 Å². The van der Waals surface area contributed by atoms with Gasteiger partial charge in [0.25, 0.3) is 0 Å². The molecule has 4 rings (SSSR count). The zero-order valence-corrected chi connectivity index (χ0v) is 22.1. The number of rotatable bonds is 7. The summed E-state index contributed by atoms with van der Waals surface area (Å²) in [6.07, 6.45) is 20.5. The molecule has 0 saturated heterocycles. The van der Waals surface area contributed by atoms with Crippen molar-refractivity contribution < 1.29 is 5.11 Å². The highest BCUT2D eigenvalue weighted by Crippen LogP contribution is 2.67. The maximum absolute atomic E-state index is 10.3. The van der Waals surface area contributed by atoms with Crippen molar-refractivity contribution in [1.82, 2.24) is 0 Å². The molecular formula is C31H52O. The van der Waals surface area contributed by atoms with Gasteiger partial charge in [0.05, 0.1) is 6.10 Å². The first-order chi connectivity index (χ1) is 15.3. The molecule has 0 aliphatic heterocycles. The lowest BCUT2D eigenvalue weighted by molar-refractivity contribution is -0.0574. The summed E-state index contributed by atoms with van der Waals surface area (Å²) >= 11 is 0. The minimum Gasteiger partial charge on any atom is -0.393 e. The van der Waals surface area contributed by atoms with Crippen LogP contribution in [-0.4, -0.2) is 11.2 Å². The van der Waals surface area contributed by atoms with Crippen LogP contribution in [0.4, 0.5) is 0 Å². The van der Waals surface area contributed by atoms with Crippen LogP contribution in [0.25, 0.3) is 0 Å². The Morgan fingerprint density at radius 1 is 1.09 bits per heavy atom. The summed E-state index contributed by atoms with van der Waals surface area (Å²) in [5, 5.41) is 10.3. The second-order valence-corrected chi connectivity index (χ2v) is 12.8. The SMILES string of the molecule is CC=C(CC)C(CC)CCC(C)C1CCC2C3CC=C4CC(O)CCC4(C)C3CCC12C. The summed E-state index contributed by atoms with van der Waals surface area (Å²) in [6.45, 7) is 14.8. The number of aliphatic hydroxyl groups excluding tert-OH is 1. The van der Waals surface area contributed by atoms with E-state index in [1.165, 1.54) is 64.2 Å². The van der Waals surface area contributed by atoms with Gasteiger partial charge in [-0.2, -0.15) is 0 Å². The first kappa shape index (κ1) is 24.6. The average Bonchev–Trinajstić information content (AvgIpc) is 3.14. The molecule has 4 aliphatic carbocycles. The maximum Gasteiger partial charge on any atom is 0.0577 e. The Labute approximate surface area is 199 Å². The number of hydrogen-bond acceptors (Lipinski definition) is 1. The second-order valence-electron chi connectivity index (χ2n) is 12.8. The summed E-state index contributed by atoms with van der Waals surface area (Å²) in [5.41, 5.74) is 4.24. The van der Waals surface area contributed by atoms with Crippen LogP contribution in [0.5, 0.6) is 0 Å². The van der Waals surface area contributed by atoms with Gasteiger partial charge < -0.3 is 5.11 Å². The monoisotopic (exact) mass is 440 g/mol. The van der Waals surface area contributed by atoms with Crippen LogP contribution in [0.1, 0.15) is 119 Å². The Balaban J connectivity index is 1.46. The lowest BCUT2D eigenvalue weighted by Gasteiger charge is -2.58. The predicted molar refractivity (Wildman–Crippen MR) is 137 cm³/mol. The van der Waals surface area contributed by atoms with E-state index in [0.29, 0.717) is 10.8 Å². The molecule has 0 spiro atoms. The predicted octanol–water partition coefficient (Wildman–Crippen LogP) is 8.73. The van der Waals surface area contributed by atoms with Crippen LogP contribution in [0, 0.1) is 46.3 Å². The fourth-order valence-electron chi connectivity index (χ4n) is 9.66.